The van der Waals surface area contributed by atoms with Crippen LogP contribution in [0.1, 0.15) is 11.6 Å². The fourth-order valence-corrected chi connectivity index (χ4v) is 4.45. The van der Waals surface area contributed by atoms with Crippen molar-refractivity contribution in [3.05, 3.63) is 78.4 Å². The number of aromatic nitrogens is 1. The number of ether oxygens (including phenoxy) is 2. The van der Waals surface area contributed by atoms with Gasteiger partial charge in [-0.2, -0.15) is 0 Å². The lowest BCUT2D eigenvalue weighted by Crippen LogP contribution is -2.50. The van der Waals surface area contributed by atoms with E-state index in [4.69, 9.17) is 9.47 Å². The van der Waals surface area contributed by atoms with Crippen molar-refractivity contribution in [3.8, 4) is 11.5 Å². The number of carbonyl (C=O) groups excluding carboxylic acids is 2. The monoisotopic (exact) mass is 491 g/mol. The fourth-order valence-electron chi connectivity index (χ4n) is 4.45. The summed E-state index contributed by atoms with van der Waals surface area (Å²) < 4.78 is 24.8. The average molecular weight is 492 g/mol. The quantitative estimate of drug-likeness (QED) is 0.512. The molecule has 2 aliphatic rings. The zero-order chi connectivity index (χ0) is 24.9. The van der Waals surface area contributed by atoms with Gasteiger partial charge in [-0.15, -0.1) is 0 Å². The maximum atomic E-state index is 14.2. The van der Waals surface area contributed by atoms with Crippen molar-refractivity contribution in [2.45, 2.75) is 6.04 Å². The minimum Gasteiger partial charge on any atom is -0.454 e. The van der Waals surface area contributed by atoms with Gasteiger partial charge < -0.3 is 25.0 Å². The maximum Gasteiger partial charge on any atom is 0.313 e. The molecule has 0 unspecified atom stereocenters. The molecule has 9 nitrogen and oxygen atoms in total. The molecule has 36 heavy (non-hydrogen) atoms. The number of nitrogens with one attached hydrogen (secondary N) is 2. The normalized spacial score (nSPS) is 15.9. The van der Waals surface area contributed by atoms with E-state index in [0.717, 1.165) is 5.56 Å². The van der Waals surface area contributed by atoms with Crippen LogP contribution in [0.4, 0.5) is 15.8 Å². The van der Waals surface area contributed by atoms with E-state index >= 15 is 0 Å². The summed E-state index contributed by atoms with van der Waals surface area (Å²) >= 11 is 0. The molecule has 2 amide bonds. The van der Waals surface area contributed by atoms with Gasteiger partial charge in [0.1, 0.15) is 5.82 Å². The Kier molecular flexibility index (Phi) is 6.94. The molecule has 0 radical (unpaired) electrons. The highest BCUT2D eigenvalue weighted by Crippen LogP contribution is 2.34. The van der Waals surface area contributed by atoms with Crippen molar-refractivity contribution in [2.75, 3.05) is 49.7 Å². The van der Waals surface area contributed by atoms with Crippen molar-refractivity contribution in [2.24, 2.45) is 0 Å². The predicted octanol–water partition coefficient (Wildman–Crippen LogP) is 2.57. The third-order valence-corrected chi connectivity index (χ3v) is 6.31. The molecule has 2 aromatic carbocycles. The summed E-state index contributed by atoms with van der Waals surface area (Å²) in [6, 6.07) is 15.3. The van der Waals surface area contributed by atoms with Crippen molar-refractivity contribution in [1.82, 2.24) is 15.2 Å². The van der Waals surface area contributed by atoms with E-state index in [0.29, 0.717) is 49.1 Å². The molecular weight excluding hydrogens is 465 g/mol. The molecule has 1 fully saturated rings. The van der Waals surface area contributed by atoms with Crippen molar-refractivity contribution >= 4 is 23.2 Å². The summed E-state index contributed by atoms with van der Waals surface area (Å²) in [7, 11) is 0. The number of piperazine rings is 1. The van der Waals surface area contributed by atoms with E-state index in [9.17, 15) is 14.0 Å². The number of amides is 2. The highest BCUT2D eigenvalue weighted by molar-refractivity contribution is 6.39. The highest BCUT2D eigenvalue weighted by atomic mass is 19.1. The van der Waals surface area contributed by atoms with Crippen LogP contribution in [0.2, 0.25) is 0 Å². The highest BCUT2D eigenvalue weighted by Gasteiger charge is 2.27. The van der Waals surface area contributed by atoms with Crippen LogP contribution in [0.3, 0.4) is 0 Å². The van der Waals surface area contributed by atoms with Gasteiger partial charge in [0.05, 0.1) is 11.7 Å². The summed E-state index contributed by atoms with van der Waals surface area (Å²) in [4.78, 5) is 33.6. The number of benzene rings is 2. The predicted molar refractivity (Wildman–Crippen MR) is 131 cm³/mol. The van der Waals surface area contributed by atoms with Crippen LogP contribution in [-0.4, -0.2) is 61.2 Å². The Bertz CT molecular complexity index is 1230. The van der Waals surface area contributed by atoms with E-state index in [2.05, 4.69) is 20.5 Å². The van der Waals surface area contributed by atoms with Gasteiger partial charge in [0.15, 0.2) is 11.5 Å². The minimum absolute atomic E-state index is 0.123. The number of fused-ring (bicyclic) bond motifs is 1. The zero-order valence-electron chi connectivity index (χ0n) is 19.5. The standard InChI is InChI=1S/C26H26FN5O4/c27-20-5-1-2-6-21(20)31-10-12-32(13-11-31)22(18-4-3-9-28-15-18)16-29-25(33)26(34)30-19-7-8-23-24(14-19)36-17-35-23/h1-9,14-15,22H,10-13,16-17H2,(H,29,33)(H,30,34)/t22-/m1/s1. The average Bonchev–Trinajstić information content (AvgIpc) is 3.38. The topological polar surface area (TPSA) is 96.0 Å². The Morgan fingerprint density at radius 2 is 1.78 bits per heavy atom. The maximum absolute atomic E-state index is 14.2. The van der Waals surface area contributed by atoms with Crippen molar-refractivity contribution in [3.63, 3.8) is 0 Å². The number of para-hydroxylation sites is 1. The second kappa shape index (κ2) is 10.6. The third kappa shape index (κ3) is 5.23. The Balaban J connectivity index is 1.21. The number of nitrogens with zero attached hydrogens (tertiary/aromatic N) is 3. The van der Waals surface area contributed by atoms with Gasteiger partial charge in [-0.25, -0.2) is 4.39 Å². The summed E-state index contributed by atoms with van der Waals surface area (Å²) in [6.07, 6.45) is 3.45. The van der Waals surface area contributed by atoms with E-state index < -0.39 is 11.8 Å². The van der Waals surface area contributed by atoms with Gasteiger partial charge in [-0.05, 0) is 35.9 Å². The zero-order valence-corrected chi connectivity index (χ0v) is 19.5. The van der Waals surface area contributed by atoms with Crippen molar-refractivity contribution in [1.29, 1.82) is 0 Å². The lowest BCUT2D eigenvalue weighted by molar-refractivity contribution is -0.136. The molecule has 0 aliphatic carbocycles. The molecule has 0 bridgehead atoms. The molecule has 1 atom stereocenters. The molecule has 10 heteroatoms. The second-order valence-electron chi connectivity index (χ2n) is 8.51. The first-order chi connectivity index (χ1) is 17.6. The van der Waals surface area contributed by atoms with E-state index in [-0.39, 0.29) is 25.2 Å². The van der Waals surface area contributed by atoms with Gasteiger partial charge in [0.25, 0.3) is 0 Å². The summed E-state index contributed by atoms with van der Waals surface area (Å²) in [5.41, 5.74) is 1.95. The number of carbonyl (C=O) groups is 2. The van der Waals surface area contributed by atoms with E-state index in [1.54, 1.807) is 42.7 Å². The van der Waals surface area contributed by atoms with Gasteiger partial charge in [0.2, 0.25) is 6.79 Å². The van der Waals surface area contributed by atoms with Crippen LogP contribution < -0.4 is 25.0 Å². The van der Waals surface area contributed by atoms with Gasteiger partial charge >= 0.3 is 11.8 Å². The number of halogens is 1. The Hall–Kier alpha value is -4.18. The Labute approximate surface area is 207 Å². The minimum atomic E-state index is -0.775. The smallest absolute Gasteiger partial charge is 0.313 e. The number of pyridine rings is 1. The number of hydrogen-bond donors (Lipinski definition) is 2. The first-order valence-corrected chi connectivity index (χ1v) is 11.7. The summed E-state index contributed by atoms with van der Waals surface area (Å²) in [5.74, 6) is -0.656. The molecule has 2 N–H and O–H groups in total. The lowest BCUT2D eigenvalue weighted by atomic mass is 10.1. The fraction of sp³-hybridized carbons (Fsp3) is 0.269. The Morgan fingerprint density at radius 3 is 2.56 bits per heavy atom. The summed E-state index contributed by atoms with van der Waals surface area (Å²) in [5, 5.41) is 5.34. The largest absolute Gasteiger partial charge is 0.454 e. The molecule has 1 saturated heterocycles. The van der Waals surface area contributed by atoms with Crippen LogP contribution in [0.25, 0.3) is 0 Å². The van der Waals surface area contributed by atoms with Crippen LogP contribution in [-0.2, 0) is 9.59 Å². The summed E-state index contributed by atoms with van der Waals surface area (Å²) in [6.45, 7) is 2.93. The van der Waals surface area contributed by atoms with Gasteiger partial charge in [-0.3, -0.25) is 19.5 Å². The lowest BCUT2D eigenvalue weighted by Gasteiger charge is -2.40. The molecule has 186 valence electrons. The molecule has 3 heterocycles. The van der Waals surface area contributed by atoms with Gasteiger partial charge in [0, 0.05) is 56.9 Å². The van der Waals surface area contributed by atoms with Crippen LogP contribution in [0, 0.1) is 5.82 Å². The van der Waals surface area contributed by atoms with Gasteiger partial charge in [-0.1, -0.05) is 18.2 Å². The molecular formula is C26H26FN5O4. The van der Waals surface area contributed by atoms with Crippen LogP contribution >= 0.6 is 0 Å². The molecule has 0 saturated carbocycles. The molecule has 5 rings (SSSR count). The SMILES string of the molecule is O=C(NC[C@H](c1cccnc1)N1CCN(c2ccccc2F)CC1)C(=O)Nc1ccc2c(c1)OCO2. The molecule has 0 spiro atoms. The number of hydrogen-bond acceptors (Lipinski definition) is 7. The second-order valence-corrected chi connectivity index (χ2v) is 8.51. The van der Waals surface area contributed by atoms with Crippen LogP contribution in [0.5, 0.6) is 11.5 Å². The first kappa shape index (κ1) is 23.6. The first-order valence-electron chi connectivity index (χ1n) is 11.7. The Morgan fingerprint density at radius 1 is 0.972 bits per heavy atom. The number of rotatable bonds is 6. The van der Waals surface area contributed by atoms with Crippen molar-refractivity contribution < 1.29 is 23.5 Å². The van der Waals surface area contributed by atoms with E-state index in [1.165, 1.54) is 6.07 Å². The molecule has 1 aromatic heterocycles. The molecule has 3 aromatic rings. The molecule has 2 aliphatic heterocycles. The number of anilines is 2. The van der Waals surface area contributed by atoms with Crippen LogP contribution in [0.15, 0.2) is 67.0 Å². The third-order valence-electron chi connectivity index (χ3n) is 6.31. The van der Waals surface area contributed by atoms with E-state index in [1.807, 2.05) is 23.1 Å².